The van der Waals surface area contributed by atoms with Gasteiger partial charge in [0.05, 0.1) is 24.1 Å². The van der Waals surface area contributed by atoms with Crippen LogP contribution in [0.15, 0.2) is 78.0 Å². The molecule has 1 atom stereocenters. The van der Waals surface area contributed by atoms with Crippen LogP contribution in [0.1, 0.15) is 29.2 Å². The number of aryl methyl sites for hydroxylation is 2. The average molecular weight is 471 g/mol. The summed E-state index contributed by atoms with van der Waals surface area (Å²) in [5.74, 6) is 1.80. The Balaban J connectivity index is 1.38. The van der Waals surface area contributed by atoms with E-state index in [4.69, 9.17) is 4.74 Å². The SMILES string of the molecule is Cc1ccc(-n2c(SCC(=O)NC3CCOc4ccccc43)nnc2-c2ccccc2)cc1C. The summed E-state index contributed by atoms with van der Waals surface area (Å²) in [5.41, 5.74) is 5.40. The smallest absolute Gasteiger partial charge is 0.230 e. The second-order valence-electron chi connectivity index (χ2n) is 8.36. The van der Waals surface area contributed by atoms with Crippen LogP contribution in [0.25, 0.3) is 17.1 Å². The predicted molar refractivity (Wildman–Crippen MR) is 134 cm³/mol. The summed E-state index contributed by atoms with van der Waals surface area (Å²) >= 11 is 1.39. The Morgan fingerprint density at radius 3 is 2.65 bits per heavy atom. The standard InChI is InChI=1S/C27H26N4O2S/c1-18-12-13-21(16-19(18)2)31-26(20-8-4-3-5-9-20)29-30-27(31)34-17-25(32)28-23-14-15-33-24-11-7-6-10-22(23)24/h3-13,16,23H,14-15,17H2,1-2H3,(H,28,32). The molecule has 1 amide bonds. The Hall–Kier alpha value is -3.58. The molecule has 0 saturated heterocycles. The van der Waals surface area contributed by atoms with E-state index in [9.17, 15) is 4.79 Å². The molecule has 1 aliphatic heterocycles. The number of carbonyl (C=O) groups is 1. The molecule has 2 heterocycles. The topological polar surface area (TPSA) is 69.0 Å². The number of ether oxygens (including phenoxy) is 1. The number of nitrogens with one attached hydrogen (secondary N) is 1. The third-order valence-electron chi connectivity index (χ3n) is 6.04. The molecule has 4 aromatic rings. The summed E-state index contributed by atoms with van der Waals surface area (Å²) in [4.78, 5) is 12.9. The van der Waals surface area contributed by atoms with Gasteiger partial charge in [0, 0.05) is 17.5 Å². The highest BCUT2D eigenvalue weighted by Crippen LogP contribution is 2.32. The highest BCUT2D eigenvalue weighted by atomic mass is 32.2. The van der Waals surface area contributed by atoms with Crippen LogP contribution in [-0.4, -0.2) is 33.0 Å². The van der Waals surface area contributed by atoms with E-state index in [0.717, 1.165) is 34.8 Å². The number of fused-ring (bicyclic) bond motifs is 1. The van der Waals surface area contributed by atoms with Crippen LogP contribution < -0.4 is 10.1 Å². The minimum absolute atomic E-state index is 0.0393. The van der Waals surface area contributed by atoms with E-state index >= 15 is 0 Å². The zero-order valence-electron chi connectivity index (χ0n) is 19.2. The van der Waals surface area contributed by atoms with Crippen LogP contribution in [0.3, 0.4) is 0 Å². The van der Waals surface area contributed by atoms with Crippen LogP contribution in [0.2, 0.25) is 0 Å². The number of thioether (sulfide) groups is 1. The lowest BCUT2D eigenvalue weighted by Crippen LogP contribution is -2.33. The maximum atomic E-state index is 12.9. The van der Waals surface area contributed by atoms with Gasteiger partial charge in [0.15, 0.2) is 11.0 Å². The molecule has 0 spiro atoms. The number of nitrogens with zero attached hydrogens (tertiary/aromatic N) is 3. The van der Waals surface area contributed by atoms with E-state index < -0.39 is 0 Å². The summed E-state index contributed by atoms with van der Waals surface area (Å²) in [6.07, 6.45) is 0.754. The molecule has 1 unspecified atom stereocenters. The van der Waals surface area contributed by atoms with Gasteiger partial charge < -0.3 is 10.1 Å². The molecule has 0 bridgehead atoms. The van der Waals surface area contributed by atoms with Crippen molar-refractivity contribution >= 4 is 17.7 Å². The molecule has 0 aliphatic carbocycles. The quantitative estimate of drug-likeness (QED) is 0.388. The van der Waals surface area contributed by atoms with Gasteiger partial charge in [0.1, 0.15) is 5.75 Å². The zero-order chi connectivity index (χ0) is 23.5. The number of carbonyl (C=O) groups excluding carboxylic acids is 1. The van der Waals surface area contributed by atoms with Gasteiger partial charge in [-0.25, -0.2) is 0 Å². The highest BCUT2D eigenvalue weighted by molar-refractivity contribution is 7.99. The molecule has 0 saturated carbocycles. The average Bonchev–Trinajstić information content (AvgIpc) is 3.29. The third kappa shape index (κ3) is 4.56. The van der Waals surface area contributed by atoms with Gasteiger partial charge >= 0.3 is 0 Å². The molecule has 1 aliphatic rings. The van der Waals surface area contributed by atoms with Crippen molar-refractivity contribution in [3.05, 3.63) is 89.5 Å². The maximum Gasteiger partial charge on any atom is 0.230 e. The predicted octanol–water partition coefficient (Wildman–Crippen LogP) is 5.28. The second kappa shape index (κ2) is 9.73. The Morgan fingerprint density at radius 2 is 1.82 bits per heavy atom. The maximum absolute atomic E-state index is 12.9. The normalized spacial score (nSPS) is 14.8. The minimum Gasteiger partial charge on any atom is -0.493 e. The van der Waals surface area contributed by atoms with E-state index in [2.05, 4.69) is 47.6 Å². The van der Waals surface area contributed by atoms with E-state index in [1.165, 1.54) is 22.9 Å². The number of hydrogen-bond acceptors (Lipinski definition) is 5. The molecule has 3 aromatic carbocycles. The van der Waals surface area contributed by atoms with E-state index in [-0.39, 0.29) is 17.7 Å². The molecule has 34 heavy (non-hydrogen) atoms. The van der Waals surface area contributed by atoms with Gasteiger partial charge in [0.2, 0.25) is 5.91 Å². The molecule has 0 radical (unpaired) electrons. The Kier molecular flexibility index (Phi) is 6.36. The number of rotatable bonds is 6. The first-order valence-electron chi connectivity index (χ1n) is 11.3. The van der Waals surface area contributed by atoms with E-state index in [1.807, 2.05) is 59.2 Å². The molecule has 172 valence electrons. The molecule has 7 heteroatoms. The van der Waals surface area contributed by atoms with Crippen molar-refractivity contribution in [2.24, 2.45) is 0 Å². The molecule has 0 fully saturated rings. The lowest BCUT2D eigenvalue weighted by atomic mass is 10.0. The first-order valence-corrected chi connectivity index (χ1v) is 12.3. The number of para-hydroxylation sites is 1. The third-order valence-corrected chi connectivity index (χ3v) is 6.97. The first-order chi connectivity index (χ1) is 16.6. The monoisotopic (exact) mass is 470 g/mol. The van der Waals surface area contributed by atoms with Crippen LogP contribution in [0, 0.1) is 13.8 Å². The summed E-state index contributed by atoms with van der Waals surface area (Å²) < 4.78 is 7.75. The van der Waals surface area contributed by atoms with E-state index in [0.29, 0.717) is 11.8 Å². The van der Waals surface area contributed by atoms with Crippen LogP contribution in [-0.2, 0) is 4.79 Å². The van der Waals surface area contributed by atoms with Crippen LogP contribution in [0.5, 0.6) is 5.75 Å². The molecular weight excluding hydrogens is 444 g/mol. The van der Waals surface area contributed by atoms with E-state index in [1.54, 1.807) is 0 Å². The van der Waals surface area contributed by atoms with Crippen molar-refractivity contribution in [3.63, 3.8) is 0 Å². The largest absolute Gasteiger partial charge is 0.493 e. The summed E-state index contributed by atoms with van der Waals surface area (Å²) in [5, 5.41) is 12.8. The van der Waals surface area contributed by atoms with Crippen molar-refractivity contribution in [1.82, 2.24) is 20.1 Å². The zero-order valence-corrected chi connectivity index (χ0v) is 20.0. The first kappa shape index (κ1) is 22.2. The van der Waals surface area contributed by atoms with Gasteiger partial charge in [-0.05, 0) is 43.2 Å². The molecule has 1 aromatic heterocycles. The fourth-order valence-corrected chi connectivity index (χ4v) is 4.86. The number of benzene rings is 3. The Labute approximate surface area is 203 Å². The lowest BCUT2D eigenvalue weighted by molar-refractivity contribution is -0.119. The van der Waals surface area contributed by atoms with Crippen LogP contribution >= 0.6 is 11.8 Å². The van der Waals surface area contributed by atoms with Crippen LogP contribution in [0.4, 0.5) is 0 Å². The van der Waals surface area contributed by atoms with Gasteiger partial charge in [-0.3, -0.25) is 9.36 Å². The van der Waals surface area contributed by atoms with Gasteiger partial charge in [-0.2, -0.15) is 0 Å². The molecule has 1 N–H and O–H groups in total. The molecular formula is C27H26N4O2S. The minimum atomic E-state index is -0.0458. The second-order valence-corrected chi connectivity index (χ2v) is 9.30. The van der Waals surface area contributed by atoms with Crippen molar-refractivity contribution < 1.29 is 9.53 Å². The lowest BCUT2D eigenvalue weighted by Gasteiger charge is -2.26. The van der Waals surface area contributed by atoms with Crippen molar-refractivity contribution in [2.75, 3.05) is 12.4 Å². The summed E-state index contributed by atoms with van der Waals surface area (Å²) in [6.45, 7) is 4.78. The number of aromatic nitrogens is 3. The summed E-state index contributed by atoms with van der Waals surface area (Å²) in [6, 6.07) is 24.1. The van der Waals surface area contributed by atoms with Gasteiger partial charge in [-0.1, -0.05) is 66.4 Å². The van der Waals surface area contributed by atoms with Gasteiger partial charge in [-0.15, -0.1) is 10.2 Å². The van der Waals surface area contributed by atoms with Crippen molar-refractivity contribution in [3.8, 4) is 22.8 Å². The highest BCUT2D eigenvalue weighted by Gasteiger charge is 2.23. The summed E-state index contributed by atoms with van der Waals surface area (Å²) in [7, 11) is 0. The molecule has 6 nitrogen and oxygen atoms in total. The number of hydrogen-bond donors (Lipinski definition) is 1. The molecule has 5 rings (SSSR count). The fraction of sp³-hybridized carbons (Fsp3) is 0.222. The van der Waals surface area contributed by atoms with Crippen molar-refractivity contribution in [2.45, 2.75) is 31.5 Å². The Morgan fingerprint density at radius 1 is 1.03 bits per heavy atom. The Bertz CT molecular complexity index is 1320. The van der Waals surface area contributed by atoms with Crippen molar-refractivity contribution in [1.29, 1.82) is 0 Å². The van der Waals surface area contributed by atoms with Gasteiger partial charge in [0.25, 0.3) is 0 Å². The number of amides is 1. The fourth-order valence-electron chi connectivity index (χ4n) is 4.09.